The number of nitrogens with zero attached hydrogens (tertiary/aromatic N) is 1. The Bertz CT molecular complexity index is 548. The van der Waals surface area contributed by atoms with Gasteiger partial charge in [0.15, 0.2) is 0 Å². The van der Waals surface area contributed by atoms with E-state index in [1.807, 2.05) is 6.07 Å². The predicted octanol–water partition coefficient (Wildman–Crippen LogP) is 2.00. The molecule has 19 heavy (non-hydrogen) atoms. The summed E-state index contributed by atoms with van der Waals surface area (Å²) in [6.07, 6.45) is 1.53. The number of benzene rings is 1. The smallest absolute Gasteiger partial charge is 0.306 e. The first-order valence-electron chi connectivity index (χ1n) is 6.14. The van der Waals surface area contributed by atoms with Crippen LogP contribution in [0.25, 0.3) is 0 Å². The molecule has 98 valence electrons. The van der Waals surface area contributed by atoms with Crippen molar-refractivity contribution in [3.8, 4) is 6.07 Å². The molecule has 1 saturated carbocycles. The minimum atomic E-state index is -0.832. The summed E-state index contributed by atoms with van der Waals surface area (Å²) in [5.41, 5.74) is 1.05. The molecule has 1 aliphatic carbocycles. The number of rotatable bonds is 3. The molecule has 2 N–H and O–H groups in total. The summed E-state index contributed by atoms with van der Waals surface area (Å²) >= 11 is 0. The standard InChI is InChI=1S/C14H14N2O3/c15-8-9-2-1-3-12(6-9)16-13(17)10-4-5-11(7-10)14(18)19/h1-3,6,10-11H,4-5,7H2,(H,16,17)(H,18,19). The number of nitrogens with one attached hydrogen (secondary N) is 1. The van der Waals surface area contributed by atoms with Gasteiger partial charge in [0.2, 0.25) is 5.91 Å². The third-order valence-electron chi connectivity index (χ3n) is 3.41. The van der Waals surface area contributed by atoms with Crippen LogP contribution < -0.4 is 5.32 Å². The van der Waals surface area contributed by atoms with Crippen LogP contribution in [-0.2, 0) is 9.59 Å². The molecule has 0 aromatic heterocycles. The minimum Gasteiger partial charge on any atom is -0.481 e. The van der Waals surface area contributed by atoms with Crippen molar-refractivity contribution < 1.29 is 14.7 Å². The van der Waals surface area contributed by atoms with Crippen molar-refractivity contribution >= 4 is 17.6 Å². The van der Waals surface area contributed by atoms with E-state index in [1.54, 1.807) is 24.3 Å². The summed E-state index contributed by atoms with van der Waals surface area (Å²) in [5, 5.41) is 20.4. The zero-order chi connectivity index (χ0) is 13.8. The van der Waals surface area contributed by atoms with E-state index in [0.717, 1.165) is 0 Å². The van der Waals surface area contributed by atoms with E-state index in [0.29, 0.717) is 30.5 Å². The first-order valence-corrected chi connectivity index (χ1v) is 6.14. The molecule has 0 aliphatic heterocycles. The van der Waals surface area contributed by atoms with Crippen LogP contribution >= 0.6 is 0 Å². The van der Waals surface area contributed by atoms with Gasteiger partial charge in [-0.05, 0) is 37.5 Å². The average Bonchev–Trinajstić information content (AvgIpc) is 2.89. The van der Waals surface area contributed by atoms with Gasteiger partial charge in [0.05, 0.1) is 17.6 Å². The normalized spacial score (nSPS) is 21.6. The van der Waals surface area contributed by atoms with Crippen molar-refractivity contribution in [1.82, 2.24) is 0 Å². The third-order valence-corrected chi connectivity index (χ3v) is 3.41. The van der Waals surface area contributed by atoms with Crippen molar-refractivity contribution in [2.45, 2.75) is 19.3 Å². The largest absolute Gasteiger partial charge is 0.481 e. The number of carbonyl (C=O) groups excluding carboxylic acids is 1. The highest BCUT2D eigenvalue weighted by atomic mass is 16.4. The number of carboxylic acids is 1. The van der Waals surface area contributed by atoms with Crippen LogP contribution in [0.2, 0.25) is 0 Å². The maximum absolute atomic E-state index is 12.0. The third kappa shape index (κ3) is 3.10. The quantitative estimate of drug-likeness (QED) is 0.867. The molecular formula is C14H14N2O3. The SMILES string of the molecule is N#Cc1cccc(NC(=O)C2CCC(C(=O)O)C2)c1. The second-order valence-corrected chi connectivity index (χ2v) is 4.73. The maximum atomic E-state index is 12.0. The lowest BCUT2D eigenvalue weighted by atomic mass is 10.0. The van der Waals surface area contributed by atoms with Gasteiger partial charge < -0.3 is 10.4 Å². The number of carboxylic acid groups (broad SMARTS) is 1. The van der Waals surface area contributed by atoms with Crippen LogP contribution in [0.1, 0.15) is 24.8 Å². The van der Waals surface area contributed by atoms with Crippen molar-refractivity contribution in [1.29, 1.82) is 5.26 Å². The molecule has 0 spiro atoms. The highest BCUT2D eigenvalue weighted by molar-refractivity contribution is 5.93. The zero-order valence-electron chi connectivity index (χ0n) is 10.3. The Kier molecular flexibility index (Phi) is 3.81. The van der Waals surface area contributed by atoms with Gasteiger partial charge in [-0.1, -0.05) is 6.07 Å². The second kappa shape index (κ2) is 5.53. The average molecular weight is 258 g/mol. The fraction of sp³-hybridized carbons (Fsp3) is 0.357. The van der Waals surface area contributed by atoms with E-state index in [9.17, 15) is 9.59 Å². The van der Waals surface area contributed by atoms with Gasteiger partial charge in [-0.2, -0.15) is 5.26 Å². The minimum absolute atomic E-state index is 0.168. The molecule has 5 nitrogen and oxygen atoms in total. The summed E-state index contributed by atoms with van der Waals surface area (Å²) in [6, 6.07) is 8.67. The molecular weight excluding hydrogens is 244 g/mol. The number of hydrogen-bond acceptors (Lipinski definition) is 3. The van der Waals surface area contributed by atoms with E-state index < -0.39 is 11.9 Å². The topological polar surface area (TPSA) is 90.2 Å². The van der Waals surface area contributed by atoms with Crippen molar-refractivity contribution in [2.75, 3.05) is 5.32 Å². The van der Waals surface area contributed by atoms with Crippen LogP contribution in [0.4, 0.5) is 5.69 Å². The van der Waals surface area contributed by atoms with Crippen molar-refractivity contribution in [3.05, 3.63) is 29.8 Å². The van der Waals surface area contributed by atoms with Crippen LogP contribution in [0.15, 0.2) is 24.3 Å². The Morgan fingerprint density at radius 3 is 2.68 bits per heavy atom. The molecule has 0 bridgehead atoms. The molecule has 1 fully saturated rings. The van der Waals surface area contributed by atoms with Crippen molar-refractivity contribution in [2.24, 2.45) is 11.8 Å². The highest BCUT2D eigenvalue weighted by Crippen LogP contribution is 2.31. The lowest BCUT2D eigenvalue weighted by Gasteiger charge is -2.10. The van der Waals surface area contributed by atoms with Crippen LogP contribution in [0.5, 0.6) is 0 Å². The summed E-state index contributed by atoms with van der Waals surface area (Å²) in [6.45, 7) is 0. The van der Waals surface area contributed by atoms with Gasteiger partial charge in [-0.15, -0.1) is 0 Å². The Morgan fingerprint density at radius 1 is 1.32 bits per heavy atom. The fourth-order valence-corrected chi connectivity index (χ4v) is 2.35. The molecule has 1 amide bonds. The number of hydrogen-bond donors (Lipinski definition) is 2. The molecule has 2 unspecified atom stereocenters. The lowest BCUT2D eigenvalue weighted by Crippen LogP contribution is -2.21. The van der Waals surface area contributed by atoms with Gasteiger partial charge in [0.25, 0.3) is 0 Å². The van der Waals surface area contributed by atoms with Crippen LogP contribution in [-0.4, -0.2) is 17.0 Å². The number of nitriles is 1. The van der Waals surface area contributed by atoms with Crippen LogP contribution in [0.3, 0.4) is 0 Å². The summed E-state index contributed by atoms with van der Waals surface area (Å²) in [4.78, 5) is 22.8. The number of carbonyl (C=O) groups is 2. The molecule has 1 aromatic carbocycles. The summed E-state index contributed by atoms with van der Waals surface area (Å²) < 4.78 is 0. The van der Waals surface area contributed by atoms with Gasteiger partial charge in [0.1, 0.15) is 0 Å². The number of anilines is 1. The Hall–Kier alpha value is -2.35. The lowest BCUT2D eigenvalue weighted by molar-refractivity contribution is -0.141. The maximum Gasteiger partial charge on any atom is 0.306 e. The summed E-state index contributed by atoms with van der Waals surface area (Å²) in [7, 11) is 0. The van der Waals surface area contributed by atoms with E-state index in [-0.39, 0.29) is 11.8 Å². The molecule has 1 aromatic rings. The van der Waals surface area contributed by atoms with Gasteiger partial charge in [-0.3, -0.25) is 9.59 Å². The number of amides is 1. The fourth-order valence-electron chi connectivity index (χ4n) is 2.35. The molecule has 0 heterocycles. The van der Waals surface area contributed by atoms with E-state index in [4.69, 9.17) is 10.4 Å². The summed E-state index contributed by atoms with van der Waals surface area (Å²) in [5.74, 6) is -1.67. The highest BCUT2D eigenvalue weighted by Gasteiger charge is 2.33. The van der Waals surface area contributed by atoms with E-state index >= 15 is 0 Å². The van der Waals surface area contributed by atoms with E-state index in [1.165, 1.54) is 0 Å². The Labute approximate surface area is 110 Å². The van der Waals surface area contributed by atoms with Gasteiger partial charge >= 0.3 is 5.97 Å². The Balaban J connectivity index is 1.98. The molecule has 2 rings (SSSR count). The monoisotopic (exact) mass is 258 g/mol. The zero-order valence-corrected chi connectivity index (χ0v) is 10.3. The Morgan fingerprint density at radius 2 is 2.05 bits per heavy atom. The first kappa shape index (κ1) is 13.1. The first-order chi connectivity index (χ1) is 9.10. The van der Waals surface area contributed by atoms with Crippen LogP contribution in [0, 0.1) is 23.2 Å². The molecule has 1 aliphatic rings. The molecule has 0 radical (unpaired) electrons. The predicted molar refractivity (Wildman–Crippen MR) is 68.3 cm³/mol. The van der Waals surface area contributed by atoms with Gasteiger partial charge in [-0.25, -0.2) is 0 Å². The number of aliphatic carboxylic acids is 1. The van der Waals surface area contributed by atoms with E-state index in [2.05, 4.69) is 5.32 Å². The molecule has 0 saturated heterocycles. The molecule has 5 heteroatoms. The van der Waals surface area contributed by atoms with Gasteiger partial charge in [0, 0.05) is 11.6 Å². The molecule has 2 atom stereocenters. The van der Waals surface area contributed by atoms with Crippen molar-refractivity contribution in [3.63, 3.8) is 0 Å². The second-order valence-electron chi connectivity index (χ2n) is 4.73.